The molecule has 0 heterocycles. The van der Waals surface area contributed by atoms with Crippen molar-refractivity contribution in [3.8, 4) is 5.75 Å². The Kier molecular flexibility index (Phi) is 7.29. The van der Waals surface area contributed by atoms with Gasteiger partial charge in [0.1, 0.15) is 12.4 Å². The Labute approximate surface area is 154 Å². The largest absolute Gasteiger partial charge is 0.491 e. The van der Waals surface area contributed by atoms with Gasteiger partial charge < -0.3 is 15.0 Å². The van der Waals surface area contributed by atoms with Crippen molar-refractivity contribution in [3.05, 3.63) is 59.1 Å². The van der Waals surface area contributed by atoms with Crippen LogP contribution in [-0.2, 0) is 4.79 Å². The molecule has 5 heteroatoms. The lowest BCUT2D eigenvalue weighted by molar-refractivity contribution is -0.117. The highest BCUT2D eigenvalue weighted by molar-refractivity contribution is 6.32. The minimum absolute atomic E-state index is 0.0361. The Bertz CT molecular complexity index is 689. The first-order valence-corrected chi connectivity index (χ1v) is 8.82. The number of hydrogen-bond donors (Lipinski definition) is 1. The molecule has 0 aliphatic rings. The molecular weight excluding hydrogens is 336 g/mol. The van der Waals surface area contributed by atoms with Gasteiger partial charge in [-0.15, -0.1) is 0 Å². The summed E-state index contributed by atoms with van der Waals surface area (Å²) in [5, 5.41) is 3.44. The van der Waals surface area contributed by atoms with E-state index in [1.54, 1.807) is 12.1 Å². The SMILES string of the molecule is CCC(C(=O)Nc1ccc(OCCN(C)C)c(Cl)c1)c1ccccc1. The summed E-state index contributed by atoms with van der Waals surface area (Å²) in [6.07, 6.45) is 0.731. The van der Waals surface area contributed by atoms with E-state index in [9.17, 15) is 4.79 Å². The number of carbonyl (C=O) groups is 1. The minimum Gasteiger partial charge on any atom is -0.491 e. The number of likely N-dealkylation sites (N-methyl/N-ethyl adjacent to an activating group) is 1. The van der Waals surface area contributed by atoms with Crippen molar-refractivity contribution < 1.29 is 9.53 Å². The quantitative estimate of drug-likeness (QED) is 0.758. The number of rotatable bonds is 8. The highest BCUT2D eigenvalue weighted by atomic mass is 35.5. The van der Waals surface area contributed by atoms with Crippen molar-refractivity contribution >= 4 is 23.2 Å². The third-order valence-corrected chi connectivity index (χ3v) is 4.22. The van der Waals surface area contributed by atoms with Gasteiger partial charge in [0, 0.05) is 12.2 Å². The molecule has 1 amide bonds. The second-order valence-corrected chi connectivity index (χ2v) is 6.56. The van der Waals surface area contributed by atoms with Gasteiger partial charge in [0.2, 0.25) is 5.91 Å². The van der Waals surface area contributed by atoms with Crippen molar-refractivity contribution in [2.75, 3.05) is 32.6 Å². The third-order valence-electron chi connectivity index (χ3n) is 3.92. The Morgan fingerprint density at radius 1 is 1.20 bits per heavy atom. The number of amides is 1. The maximum Gasteiger partial charge on any atom is 0.231 e. The monoisotopic (exact) mass is 360 g/mol. The van der Waals surface area contributed by atoms with E-state index in [1.165, 1.54) is 0 Å². The van der Waals surface area contributed by atoms with Gasteiger partial charge >= 0.3 is 0 Å². The maximum absolute atomic E-state index is 12.6. The smallest absolute Gasteiger partial charge is 0.231 e. The standard InChI is InChI=1S/C20H25ClN2O2/c1-4-17(15-8-6-5-7-9-15)20(24)22-16-10-11-19(18(21)14-16)25-13-12-23(2)3/h5-11,14,17H,4,12-13H2,1-3H3,(H,22,24). The fraction of sp³-hybridized carbons (Fsp3) is 0.350. The van der Waals surface area contributed by atoms with E-state index in [1.807, 2.05) is 62.3 Å². The highest BCUT2D eigenvalue weighted by Gasteiger charge is 2.18. The van der Waals surface area contributed by atoms with Crippen LogP contribution in [0, 0.1) is 0 Å². The second kappa shape index (κ2) is 9.44. The molecule has 0 saturated heterocycles. The summed E-state index contributed by atoms with van der Waals surface area (Å²) in [7, 11) is 3.97. The van der Waals surface area contributed by atoms with Gasteiger partial charge in [-0.05, 0) is 44.3 Å². The van der Waals surface area contributed by atoms with Crippen LogP contribution in [0.1, 0.15) is 24.8 Å². The molecule has 0 bridgehead atoms. The van der Waals surface area contributed by atoms with Crippen molar-refractivity contribution in [1.29, 1.82) is 0 Å². The molecule has 25 heavy (non-hydrogen) atoms. The minimum atomic E-state index is -0.184. The number of anilines is 1. The summed E-state index contributed by atoms with van der Waals surface area (Å²) in [5.74, 6) is 0.402. The van der Waals surface area contributed by atoms with Crippen LogP contribution >= 0.6 is 11.6 Å². The van der Waals surface area contributed by atoms with Crippen LogP contribution in [-0.4, -0.2) is 38.1 Å². The summed E-state index contributed by atoms with van der Waals surface area (Å²) in [6, 6.07) is 15.1. The van der Waals surface area contributed by atoms with E-state index in [0.29, 0.717) is 23.1 Å². The second-order valence-electron chi connectivity index (χ2n) is 6.16. The summed E-state index contributed by atoms with van der Waals surface area (Å²) in [4.78, 5) is 14.6. The van der Waals surface area contributed by atoms with Gasteiger partial charge in [0.15, 0.2) is 0 Å². The molecule has 1 atom stereocenters. The molecule has 2 aromatic carbocycles. The topological polar surface area (TPSA) is 41.6 Å². The predicted molar refractivity (Wildman–Crippen MR) is 104 cm³/mol. The van der Waals surface area contributed by atoms with E-state index < -0.39 is 0 Å². The molecule has 0 aliphatic carbocycles. The van der Waals surface area contributed by atoms with Crippen LogP contribution in [0.2, 0.25) is 5.02 Å². The molecule has 134 valence electrons. The van der Waals surface area contributed by atoms with Crippen molar-refractivity contribution in [3.63, 3.8) is 0 Å². The van der Waals surface area contributed by atoms with Crippen LogP contribution in [0.15, 0.2) is 48.5 Å². The molecule has 0 fully saturated rings. The molecule has 0 aromatic heterocycles. The molecule has 0 saturated carbocycles. The Morgan fingerprint density at radius 3 is 2.52 bits per heavy atom. The lowest BCUT2D eigenvalue weighted by atomic mass is 9.95. The molecule has 2 rings (SSSR count). The number of ether oxygens (including phenoxy) is 1. The molecule has 0 aliphatic heterocycles. The summed E-state index contributed by atoms with van der Waals surface area (Å²) in [6.45, 7) is 3.38. The van der Waals surface area contributed by atoms with Gasteiger partial charge in [-0.25, -0.2) is 0 Å². The van der Waals surface area contributed by atoms with Crippen LogP contribution < -0.4 is 10.1 Å². The number of nitrogens with zero attached hydrogens (tertiary/aromatic N) is 1. The molecule has 0 radical (unpaired) electrons. The summed E-state index contributed by atoms with van der Waals surface area (Å²) in [5.41, 5.74) is 1.68. The Balaban J connectivity index is 2.02. The fourth-order valence-corrected chi connectivity index (χ4v) is 2.76. The lowest BCUT2D eigenvalue weighted by Gasteiger charge is -2.16. The van der Waals surface area contributed by atoms with Gasteiger partial charge in [-0.3, -0.25) is 4.79 Å². The van der Waals surface area contributed by atoms with E-state index in [2.05, 4.69) is 5.32 Å². The number of halogens is 1. The maximum atomic E-state index is 12.6. The summed E-state index contributed by atoms with van der Waals surface area (Å²) >= 11 is 6.27. The number of hydrogen-bond acceptors (Lipinski definition) is 3. The van der Waals surface area contributed by atoms with Crippen molar-refractivity contribution in [2.45, 2.75) is 19.3 Å². The van der Waals surface area contributed by atoms with Crippen LogP contribution in [0.3, 0.4) is 0 Å². The average Bonchev–Trinajstić information content (AvgIpc) is 2.58. The van der Waals surface area contributed by atoms with E-state index >= 15 is 0 Å². The zero-order valence-electron chi connectivity index (χ0n) is 15.0. The molecular formula is C20H25ClN2O2. The highest BCUT2D eigenvalue weighted by Crippen LogP contribution is 2.29. The van der Waals surface area contributed by atoms with Crippen molar-refractivity contribution in [1.82, 2.24) is 4.90 Å². The number of nitrogens with one attached hydrogen (secondary N) is 1. The van der Waals surface area contributed by atoms with E-state index in [0.717, 1.165) is 18.5 Å². The van der Waals surface area contributed by atoms with Gasteiger partial charge in [-0.1, -0.05) is 48.9 Å². The Morgan fingerprint density at radius 2 is 1.92 bits per heavy atom. The molecule has 0 spiro atoms. The molecule has 2 aromatic rings. The first-order valence-electron chi connectivity index (χ1n) is 8.44. The van der Waals surface area contributed by atoms with Gasteiger partial charge in [-0.2, -0.15) is 0 Å². The Hall–Kier alpha value is -2.04. The molecule has 4 nitrogen and oxygen atoms in total. The number of benzene rings is 2. The van der Waals surface area contributed by atoms with E-state index in [4.69, 9.17) is 16.3 Å². The van der Waals surface area contributed by atoms with Crippen LogP contribution in [0.25, 0.3) is 0 Å². The first-order chi connectivity index (χ1) is 12.0. The zero-order chi connectivity index (χ0) is 18.2. The predicted octanol–water partition coefficient (Wildman–Crippen LogP) is 4.41. The van der Waals surface area contributed by atoms with Crippen LogP contribution in [0.5, 0.6) is 5.75 Å². The van der Waals surface area contributed by atoms with E-state index in [-0.39, 0.29) is 11.8 Å². The van der Waals surface area contributed by atoms with Gasteiger partial charge in [0.05, 0.1) is 10.9 Å². The molecule has 1 unspecified atom stereocenters. The summed E-state index contributed by atoms with van der Waals surface area (Å²) < 4.78 is 5.66. The normalized spacial score (nSPS) is 12.0. The zero-order valence-corrected chi connectivity index (χ0v) is 15.7. The third kappa shape index (κ3) is 5.76. The molecule has 1 N–H and O–H groups in total. The van der Waals surface area contributed by atoms with Gasteiger partial charge in [0.25, 0.3) is 0 Å². The van der Waals surface area contributed by atoms with Crippen LogP contribution in [0.4, 0.5) is 5.69 Å². The van der Waals surface area contributed by atoms with Crippen molar-refractivity contribution in [2.24, 2.45) is 0 Å². The average molecular weight is 361 g/mol. The lowest BCUT2D eigenvalue weighted by Crippen LogP contribution is -2.21. The number of carbonyl (C=O) groups excluding carboxylic acids is 1. The first kappa shape index (κ1) is 19.3. The fourth-order valence-electron chi connectivity index (χ4n) is 2.52.